The molecule has 0 aromatic heterocycles. The summed E-state index contributed by atoms with van der Waals surface area (Å²) < 4.78 is 25.8. The predicted octanol–water partition coefficient (Wildman–Crippen LogP) is 6.69. The third kappa shape index (κ3) is 5.43. The molecule has 0 N–H and O–H groups in total. The van der Waals surface area contributed by atoms with E-state index in [-0.39, 0.29) is 22.0 Å². The first-order chi connectivity index (χ1) is 16.5. The van der Waals surface area contributed by atoms with E-state index in [1.807, 2.05) is 37.3 Å². The maximum absolute atomic E-state index is 14.1. The van der Waals surface area contributed by atoms with Gasteiger partial charge >= 0.3 is 0 Å². The Bertz CT molecular complexity index is 1230. The molecule has 1 aliphatic heterocycles. The van der Waals surface area contributed by atoms with Gasteiger partial charge in [0.1, 0.15) is 12.4 Å². The summed E-state index contributed by atoms with van der Waals surface area (Å²) in [6, 6.07) is 19.3. The molecule has 1 aliphatic rings. The number of imide groups is 1. The highest BCUT2D eigenvalue weighted by Gasteiger charge is 2.36. The van der Waals surface area contributed by atoms with Gasteiger partial charge in [-0.05, 0) is 60.2 Å². The molecule has 4 rings (SSSR count). The number of halogens is 2. The summed E-state index contributed by atoms with van der Waals surface area (Å²) in [4.78, 5) is 26.6. The van der Waals surface area contributed by atoms with Crippen molar-refractivity contribution in [3.63, 3.8) is 0 Å². The van der Waals surface area contributed by atoms with Crippen LogP contribution in [0.1, 0.15) is 23.6 Å². The molecule has 0 spiro atoms. The van der Waals surface area contributed by atoms with Gasteiger partial charge < -0.3 is 9.47 Å². The minimum atomic E-state index is -0.567. The SMILES string of the molecule is CCOc1cc(C=C2SC(=O)N(Cc3c(F)cccc3Cl)C2=O)ccc1OCc1ccccc1. The van der Waals surface area contributed by atoms with Crippen molar-refractivity contribution in [1.29, 1.82) is 0 Å². The van der Waals surface area contributed by atoms with E-state index in [4.69, 9.17) is 21.1 Å². The van der Waals surface area contributed by atoms with Crippen LogP contribution in [0.2, 0.25) is 5.02 Å². The summed E-state index contributed by atoms with van der Waals surface area (Å²) in [5, 5.41) is -0.320. The average molecular weight is 498 g/mol. The zero-order valence-corrected chi connectivity index (χ0v) is 19.9. The van der Waals surface area contributed by atoms with E-state index in [1.54, 1.807) is 24.3 Å². The number of rotatable bonds is 8. The Labute approximate surface area is 206 Å². The van der Waals surface area contributed by atoms with Gasteiger partial charge in [0.15, 0.2) is 11.5 Å². The Hall–Kier alpha value is -3.29. The molecular weight excluding hydrogens is 477 g/mol. The molecule has 1 fully saturated rings. The highest BCUT2D eigenvalue weighted by atomic mass is 35.5. The Kier molecular flexibility index (Phi) is 7.55. The van der Waals surface area contributed by atoms with Gasteiger partial charge in [-0.2, -0.15) is 0 Å². The first-order valence-electron chi connectivity index (χ1n) is 10.6. The summed E-state index contributed by atoms with van der Waals surface area (Å²) in [6.07, 6.45) is 1.61. The predicted molar refractivity (Wildman–Crippen MR) is 131 cm³/mol. The Balaban J connectivity index is 1.53. The number of carbonyl (C=O) groups is 2. The van der Waals surface area contributed by atoms with E-state index in [2.05, 4.69) is 0 Å². The second-order valence-corrected chi connectivity index (χ2v) is 8.78. The van der Waals surface area contributed by atoms with Gasteiger partial charge in [-0.1, -0.05) is 54.1 Å². The number of benzene rings is 3. The van der Waals surface area contributed by atoms with Crippen LogP contribution in [-0.2, 0) is 17.9 Å². The molecule has 0 radical (unpaired) electrons. The summed E-state index contributed by atoms with van der Waals surface area (Å²) in [6.45, 7) is 2.46. The summed E-state index contributed by atoms with van der Waals surface area (Å²) in [5.74, 6) is 0.0364. The second kappa shape index (κ2) is 10.8. The van der Waals surface area contributed by atoms with Crippen molar-refractivity contribution in [3.05, 3.63) is 99.2 Å². The number of hydrogen-bond acceptors (Lipinski definition) is 5. The van der Waals surface area contributed by atoms with E-state index < -0.39 is 17.0 Å². The van der Waals surface area contributed by atoms with Gasteiger partial charge in [0.05, 0.1) is 18.1 Å². The van der Waals surface area contributed by atoms with Crippen LogP contribution in [0.15, 0.2) is 71.6 Å². The van der Waals surface area contributed by atoms with Crippen molar-refractivity contribution in [1.82, 2.24) is 4.90 Å². The zero-order valence-electron chi connectivity index (χ0n) is 18.3. The third-order valence-corrected chi connectivity index (χ3v) is 6.32. The van der Waals surface area contributed by atoms with Crippen molar-refractivity contribution in [2.45, 2.75) is 20.1 Å². The molecule has 0 unspecified atom stereocenters. The molecule has 0 saturated carbocycles. The highest BCUT2D eigenvalue weighted by Crippen LogP contribution is 2.36. The van der Waals surface area contributed by atoms with E-state index in [9.17, 15) is 14.0 Å². The number of ether oxygens (including phenoxy) is 2. The number of thioether (sulfide) groups is 1. The molecule has 0 bridgehead atoms. The molecule has 174 valence electrons. The summed E-state index contributed by atoms with van der Waals surface area (Å²) in [5.41, 5.74) is 1.80. The Morgan fingerprint density at radius 3 is 2.53 bits per heavy atom. The maximum Gasteiger partial charge on any atom is 0.293 e. The number of hydrogen-bond donors (Lipinski definition) is 0. The summed E-state index contributed by atoms with van der Waals surface area (Å²) in [7, 11) is 0. The van der Waals surface area contributed by atoms with Gasteiger partial charge in [0, 0.05) is 10.6 Å². The van der Waals surface area contributed by atoms with E-state index in [1.165, 1.54) is 18.2 Å². The second-order valence-electron chi connectivity index (χ2n) is 7.38. The van der Waals surface area contributed by atoms with Crippen LogP contribution in [0.4, 0.5) is 9.18 Å². The molecule has 0 atom stereocenters. The van der Waals surface area contributed by atoms with E-state index >= 15 is 0 Å². The molecule has 1 heterocycles. The largest absolute Gasteiger partial charge is 0.490 e. The van der Waals surface area contributed by atoms with Crippen molar-refractivity contribution in [2.24, 2.45) is 0 Å². The molecule has 8 heteroatoms. The topological polar surface area (TPSA) is 55.8 Å². The molecule has 3 aromatic rings. The standard InChI is InChI=1S/C26H21ClFNO4S/c1-2-32-23-13-18(11-12-22(23)33-16-17-7-4-3-5-8-17)14-24-25(30)29(26(31)34-24)15-19-20(27)9-6-10-21(19)28/h3-14H,2,15-16H2,1H3. The van der Waals surface area contributed by atoms with Crippen molar-refractivity contribution in [2.75, 3.05) is 6.61 Å². The van der Waals surface area contributed by atoms with E-state index in [0.29, 0.717) is 30.3 Å². The smallest absolute Gasteiger partial charge is 0.293 e. The normalized spacial score (nSPS) is 14.7. The maximum atomic E-state index is 14.1. The van der Waals surface area contributed by atoms with Gasteiger partial charge in [-0.3, -0.25) is 14.5 Å². The first-order valence-corrected chi connectivity index (χ1v) is 11.8. The van der Waals surface area contributed by atoms with Gasteiger partial charge in [0.2, 0.25) is 0 Å². The van der Waals surface area contributed by atoms with Crippen LogP contribution in [-0.4, -0.2) is 22.7 Å². The number of amides is 2. The molecule has 34 heavy (non-hydrogen) atoms. The fourth-order valence-electron chi connectivity index (χ4n) is 3.37. The quantitative estimate of drug-likeness (QED) is 0.324. The molecule has 1 saturated heterocycles. The van der Waals surface area contributed by atoms with Crippen molar-refractivity contribution >= 4 is 40.6 Å². The van der Waals surface area contributed by atoms with Gasteiger partial charge in [0.25, 0.3) is 11.1 Å². The lowest BCUT2D eigenvalue weighted by Gasteiger charge is -2.14. The van der Waals surface area contributed by atoms with Crippen LogP contribution >= 0.6 is 23.4 Å². The Morgan fingerprint density at radius 1 is 1.00 bits per heavy atom. The van der Waals surface area contributed by atoms with Gasteiger partial charge in [-0.15, -0.1) is 0 Å². The minimum Gasteiger partial charge on any atom is -0.490 e. The minimum absolute atomic E-state index is 0.103. The van der Waals surface area contributed by atoms with Crippen LogP contribution in [0.3, 0.4) is 0 Å². The van der Waals surface area contributed by atoms with Crippen molar-refractivity contribution < 1.29 is 23.5 Å². The van der Waals surface area contributed by atoms with Crippen LogP contribution < -0.4 is 9.47 Å². The summed E-state index contributed by atoms with van der Waals surface area (Å²) >= 11 is 6.86. The molecule has 2 amide bonds. The fraction of sp³-hybridized carbons (Fsp3) is 0.154. The highest BCUT2D eigenvalue weighted by molar-refractivity contribution is 8.18. The van der Waals surface area contributed by atoms with Crippen LogP contribution in [0.5, 0.6) is 11.5 Å². The zero-order chi connectivity index (χ0) is 24.1. The Morgan fingerprint density at radius 2 is 1.79 bits per heavy atom. The first kappa shape index (κ1) is 23.9. The number of carbonyl (C=O) groups excluding carboxylic acids is 2. The molecule has 0 aliphatic carbocycles. The molecular formula is C26H21ClFNO4S. The van der Waals surface area contributed by atoms with Crippen molar-refractivity contribution in [3.8, 4) is 11.5 Å². The number of nitrogens with zero attached hydrogens (tertiary/aromatic N) is 1. The molecule has 5 nitrogen and oxygen atoms in total. The van der Waals surface area contributed by atoms with Gasteiger partial charge in [-0.25, -0.2) is 4.39 Å². The molecule has 3 aromatic carbocycles. The lowest BCUT2D eigenvalue weighted by atomic mass is 10.1. The third-order valence-electron chi connectivity index (χ3n) is 5.05. The lowest BCUT2D eigenvalue weighted by molar-refractivity contribution is -0.123. The van der Waals surface area contributed by atoms with Crippen LogP contribution in [0, 0.1) is 5.82 Å². The average Bonchev–Trinajstić information content (AvgIpc) is 3.09. The van der Waals surface area contributed by atoms with E-state index in [0.717, 1.165) is 22.2 Å². The lowest BCUT2D eigenvalue weighted by Crippen LogP contribution is -2.28. The van der Waals surface area contributed by atoms with Crippen LogP contribution in [0.25, 0.3) is 6.08 Å². The monoisotopic (exact) mass is 497 g/mol. The fourth-order valence-corrected chi connectivity index (χ4v) is 4.43.